The van der Waals surface area contributed by atoms with Crippen molar-refractivity contribution in [1.29, 1.82) is 0 Å². The lowest BCUT2D eigenvalue weighted by Gasteiger charge is -2.32. The molecule has 7 nitrogen and oxygen atoms in total. The Morgan fingerprint density at radius 2 is 1.90 bits per heavy atom. The Bertz CT molecular complexity index is 464. The number of nitrogens with zero attached hydrogens (tertiary/aromatic N) is 4. The number of nitrogens with one attached hydrogen (secondary N) is 1. The third-order valence-corrected chi connectivity index (χ3v) is 3.81. The summed E-state index contributed by atoms with van der Waals surface area (Å²) in [4.78, 5) is 14.5. The average Bonchev–Trinajstić information content (AvgIpc) is 2.47. The fraction of sp³-hybridized carbons (Fsp3) is 0.769. The van der Waals surface area contributed by atoms with Crippen LogP contribution in [0.5, 0.6) is 0 Å². The second kappa shape index (κ2) is 7.20. The van der Waals surface area contributed by atoms with Crippen molar-refractivity contribution in [2.45, 2.75) is 32.3 Å². The molecule has 1 aliphatic rings. The minimum absolute atomic E-state index is 0.147. The summed E-state index contributed by atoms with van der Waals surface area (Å²) < 4.78 is 5.26. The van der Waals surface area contributed by atoms with E-state index in [4.69, 9.17) is 16.3 Å². The van der Waals surface area contributed by atoms with Crippen molar-refractivity contribution in [1.82, 2.24) is 15.0 Å². The smallest absolute Gasteiger partial charge is 0.231 e. The van der Waals surface area contributed by atoms with Crippen LogP contribution in [0.2, 0.25) is 5.28 Å². The van der Waals surface area contributed by atoms with Gasteiger partial charge in [0, 0.05) is 45.7 Å². The Morgan fingerprint density at radius 3 is 2.52 bits per heavy atom. The SMILES string of the molecule is CCN(CC)c1nc(Cl)nc(NCC2(O)CCOCC2)n1. The Hall–Kier alpha value is -1.18. The van der Waals surface area contributed by atoms with Crippen molar-refractivity contribution < 1.29 is 9.84 Å². The normalized spacial score (nSPS) is 17.5. The molecule has 0 unspecified atom stereocenters. The summed E-state index contributed by atoms with van der Waals surface area (Å²) in [6.45, 7) is 7.14. The van der Waals surface area contributed by atoms with Gasteiger partial charge in [-0.1, -0.05) is 0 Å². The van der Waals surface area contributed by atoms with E-state index < -0.39 is 5.60 Å². The average molecular weight is 316 g/mol. The van der Waals surface area contributed by atoms with E-state index in [0.29, 0.717) is 44.5 Å². The van der Waals surface area contributed by atoms with Crippen LogP contribution in [0.3, 0.4) is 0 Å². The zero-order valence-electron chi connectivity index (χ0n) is 12.5. The molecule has 0 aromatic carbocycles. The van der Waals surface area contributed by atoms with Gasteiger partial charge in [0.15, 0.2) is 0 Å². The maximum Gasteiger partial charge on any atom is 0.231 e. The molecule has 1 aromatic heterocycles. The summed E-state index contributed by atoms with van der Waals surface area (Å²) in [5.74, 6) is 0.929. The summed E-state index contributed by atoms with van der Waals surface area (Å²) in [7, 11) is 0. The first-order valence-corrected chi connectivity index (χ1v) is 7.64. The lowest BCUT2D eigenvalue weighted by atomic mass is 9.94. The second-order valence-corrected chi connectivity index (χ2v) is 5.43. The molecule has 0 saturated carbocycles. The fourth-order valence-corrected chi connectivity index (χ4v) is 2.39. The number of aliphatic hydroxyl groups is 1. The molecule has 0 atom stereocenters. The van der Waals surface area contributed by atoms with Gasteiger partial charge < -0.3 is 20.1 Å². The third kappa shape index (κ3) is 4.39. The molecule has 2 heterocycles. The van der Waals surface area contributed by atoms with E-state index >= 15 is 0 Å². The molecular weight excluding hydrogens is 294 g/mol. The molecule has 0 aliphatic carbocycles. The summed E-state index contributed by atoms with van der Waals surface area (Å²) in [6, 6.07) is 0. The van der Waals surface area contributed by atoms with Gasteiger partial charge in [0.1, 0.15) is 0 Å². The molecule has 1 aromatic rings. The molecule has 8 heteroatoms. The van der Waals surface area contributed by atoms with Crippen LogP contribution >= 0.6 is 11.6 Å². The first-order valence-electron chi connectivity index (χ1n) is 7.27. The van der Waals surface area contributed by atoms with E-state index in [1.54, 1.807) is 0 Å². The standard InChI is InChI=1S/C13H22ClN5O2/c1-3-19(4-2)12-17-10(14)16-11(18-12)15-9-13(20)5-7-21-8-6-13/h20H,3-9H2,1-2H3,(H,15,16,17,18). The largest absolute Gasteiger partial charge is 0.388 e. The van der Waals surface area contributed by atoms with E-state index in [2.05, 4.69) is 20.3 Å². The molecule has 0 spiro atoms. The van der Waals surface area contributed by atoms with Crippen molar-refractivity contribution in [2.75, 3.05) is 43.1 Å². The predicted molar refractivity (Wildman–Crippen MR) is 81.9 cm³/mol. The maximum atomic E-state index is 10.4. The van der Waals surface area contributed by atoms with Crippen LogP contribution in [0.1, 0.15) is 26.7 Å². The van der Waals surface area contributed by atoms with E-state index in [-0.39, 0.29) is 5.28 Å². The van der Waals surface area contributed by atoms with Crippen LogP contribution in [0, 0.1) is 0 Å². The number of halogens is 1. The van der Waals surface area contributed by atoms with E-state index in [0.717, 1.165) is 13.1 Å². The monoisotopic (exact) mass is 315 g/mol. The molecule has 2 N–H and O–H groups in total. The van der Waals surface area contributed by atoms with Crippen molar-refractivity contribution in [2.24, 2.45) is 0 Å². The number of aromatic nitrogens is 3. The molecule has 0 bridgehead atoms. The highest BCUT2D eigenvalue weighted by atomic mass is 35.5. The third-order valence-electron chi connectivity index (χ3n) is 3.64. The van der Waals surface area contributed by atoms with E-state index in [1.165, 1.54) is 0 Å². The Labute approximate surface area is 129 Å². The van der Waals surface area contributed by atoms with Crippen molar-refractivity contribution in [3.8, 4) is 0 Å². The molecule has 1 fully saturated rings. The van der Waals surface area contributed by atoms with Gasteiger partial charge in [-0.25, -0.2) is 0 Å². The Morgan fingerprint density at radius 1 is 1.24 bits per heavy atom. The highest BCUT2D eigenvalue weighted by molar-refractivity contribution is 6.28. The second-order valence-electron chi connectivity index (χ2n) is 5.09. The molecule has 1 saturated heterocycles. The number of hydrogen-bond acceptors (Lipinski definition) is 7. The van der Waals surface area contributed by atoms with Gasteiger partial charge >= 0.3 is 0 Å². The highest BCUT2D eigenvalue weighted by Crippen LogP contribution is 2.21. The molecule has 118 valence electrons. The maximum absolute atomic E-state index is 10.4. The molecule has 21 heavy (non-hydrogen) atoms. The lowest BCUT2D eigenvalue weighted by molar-refractivity contribution is -0.0544. The van der Waals surface area contributed by atoms with Gasteiger partial charge in [0.2, 0.25) is 17.2 Å². The molecular formula is C13H22ClN5O2. The summed E-state index contributed by atoms with van der Waals surface area (Å²) in [5, 5.41) is 13.6. The zero-order chi connectivity index (χ0) is 15.3. The van der Waals surface area contributed by atoms with Gasteiger partial charge in [-0.05, 0) is 25.4 Å². The van der Waals surface area contributed by atoms with Crippen LogP contribution in [0.25, 0.3) is 0 Å². The van der Waals surface area contributed by atoms with Gasteiger partial charge in [0.25, 0.3) is 0 Å². The van der Waals surface area contributed by atoms with Crippen LogP contribution in [0.4, 0.5) is 11.9 Å². The van der Waals surface area contributed by atoms with Gasteiger partial charge in [-0.2, -0.15) is 15.0 Å². The number of rotatable bonds is 6. The minimum Gasteiger partial charge on any atom is -0.388 e. The molecule has 2 rings (SSSR count). The number of ether oxygens (including phenoxy) is 1. The first-order chi connectivity index (χ1) is 10.1. The summed E-state index contributed by atoms with van der Waals surface area (Å²) in [6.07, 6.45) is 1.20. The summed E-state index contributed by atoms with van der Waals surface area (Å²) in [5.41, 5.74) is -0.785. The lowest BCUT2D eigenvalue weighted by Crippen LogP contribution is -2.42. The quantitative estimate of drug-likeness (QED) is 0.819. The molecule has 0 radical (unpaired) electrons. The number of hydrogen-bond donors (Lipinski definition) is 2. The van der Waals surface area contributed by atoms with Crippen molar-refractivity contribution >= 4 is 23.5 Å². The minimum atomic E-state index is -0.785. The molecule has 1 aliphatic heterocycles. The van der Waals surface area contributed by atoms with E-state index in [1.807, 2.05) is 18.7 Å². The summed E-state index contributed by atoms with van der Waals surface area (Å²) >= 11 is 5.95. The van der Waals surface area contributed by atoms with Crippen molar-refractivity contribution in [3.05, 3.63) is 5.28 Å². The fourth-order valence-electron chi connectivity index (χ4n) is 2.24. The van der Waals surface area contributed by atoms with Crippen LogP contribution in [0.15, 0.2) is 0 Å². The van der Waals surface area contributed by atoms with Crippen molar-refractivity contribution in [3.63, 3.8) is 0 Å². The topological polar surface area (TPSA) is 83.4 Å². The first kappa shape index (κ1) is 16.2. The number of anilines is 2. The Balaban J connectivity index is 2.05. The highest BCUT2D eigenvalue weighted by Gasteiger charge is 2.29. The van der Waals surface area contributed by atoms with Crippen LogP contribution in [-0.4, -0.2) is 58.5 Å². The zero-order valence-corrected chi connectivity index (χ0v) is 13.2. The van der Waals surface area contributed by atoms with Crippen LogP contribution in [-0.2, 0) is 4.74 Å². The predicted octanol–water partition coefficient (Wildman–Crippen LogP) is 1.32. The van der Waals surface area contributed by atoms with Crippen LogP contribution < -0.4 is 10.2 Å². The van der Waals surface area contributed by atoms with E-state index in [9.17, 15) is 5.11 Å². The van der Waals surface area contributed by atoms with Gasteiger partial charge in [0.05, 0.1) is 5.60 Å². The van der Waals surface area contributed by atoms with Gasteiger partial charge in [-0.3, -0.25) is 0 Å². The van der Waals surface area contributed by atoms with Gasteiger partial charge in [-0.15, -0.1) is 0 Å². The Kier molecular flexibility index (Phi) is 5.55. The molecule has 0 amide bonds.